The minimum atomic E-state index is -2.25. The maximum Gasteiger partial charge on any atom is 0.0732 e. The normalized spacial score (nSPS) is 17.1. The minimum absolute atomic E-state index is 0.127. The van der Waals surface area contributed by atoms with Crippen molar-refractivity contribution in [2.24, 2.45) is 0 Å². The molecule has 0 radical (unpaired) electrons. The summed E-state index contributed by atoms with van der Waals surface area (Å²) in [4.78, 5) is 5.58. The molecule has 2 unspecified atom stereocenters. The van der Waals surface area contributed by atoms with E-state index in [2.05, 4.69) is 190 Å². The number of benzene rings is 4. The summed E-state index contributed by atoms with van der Waals surface area (Å²) in [6, 6.07) is 42.3. The van der Waals surface area contributed by atoms with E-state index < -0.39 is 8.07 Å². The van der Waals surface area contributed by atoms with Crippen LogP contribution in [-0.2, 0) is 10.8 Å². The van der Waals surface area contributed by atoms with Crippen LogP contribution in [0.3, 0.4) is 0 Å². The third-order valence-electron chi connectivity index (χ3n) is 11.8. The average molecular weight is 745 g/mol. The Morgan fingerprint density at radius 1 is 0.472 bits per heavy atom. The number of allylic oxidation sites excluding steroid dienone is 2. The van der Waals surface area contributed by atoms with E-state index in [4.69, 9.17) is 0 Å². The van der Waals surface area contributed by atoms with Crippen LogP contribution in [0.4, 0.5) is 0 Å². The fourth-order valence-corrected chi connectivity index (χ4v) is 15.5. The Kier molecular flexibility index (Phi) is 8.88. The fraction of sp³-hybridized carbons (Fsp3) is 0.280. The summed E-state index contributed by atoms with van der Waals surface area (Å²) in [5.74, 6) is 0. The van der Waals surface area contributed by atoms with E-state index >= 15 is 0 Å². The molecule has 4 aromatic carbocycles. The molecule has 0 N–H and O–H groups in total. The SMILES string of the molecule is Cc1ccc(C2=Cc3c(-c4ccc(C(C)(C)C)cc4)cccc3C2[Si](C)(C)C2C(c3ccc(C)s3)=Cc3c(-c4ccc(C(C)(C)C)cc4)cccc32)s1. The maximum absolute atomic E-state index is 2.69. The Hall–Kier alpha value is -4.02. The second kappa shape index (κ2) is 13.1. The van der Waals surface area contributed by atoms with Crippen molar-refractivity contribution in [2.75, 3.05) is 0 Å². The second-order valence-corrected chi connectivity index (χ2v) is 25.4. The molecule has 0 fully saturated rings. The van der Waals surface area contributed by atoms with Gasteiger partial charge in [0.2, 0.25) is 0 Å². The van der Waals surface area contributed by atoms with E-state index in [0.717, 1.165) is 0 Å². The molecule has 2 aliphatic rings. The first-order valence-corrected chi connectivity index (χ1v) is 23.9. The lowest BCUT2D eigenvalue weighted by Gasteiger charge is -2.40. The molecule has 0 saturated heterocycles. The number of hydrogen-bond donors (Lipinski definition) is 0. The zero-order valence-electron chi connectivity index (χ0n) is 33.0. The second-order valence-electron chi connectivity index (χ2n) is 18.0. The first-order chi connectivity index (χ1) is 25.1. The van der Waals surface area contributed by atoms with Gasteiger partial charge >= 0.3 is 0 Å². The lowest BCUT2D eigenvalue weighted by molar-refractivity contribution is 0.590. The van der Waals surface area contributed by atoms with Gasteiger partial charge in [-0.25, -0.2) is 0 Å². The van der Waals surface area contributed by atoms with E-state index in [9.17, 15) is 0 Å². The van der Waals surface area contributed by atoms with Gasteiger partial charge in [0.15, 0.2) is 0 Å². The number of rotatable bonds is 6. The zero-order valence-corrected chi connectivity index (χ0v) is 35.7. The summed E-state index contributed by atoms with van der Waals surface area (Å²) < 4.78 is 0. The third kappa shape index (κ3) is 6.39. The van der Waals surface area contributed by atoms with Crippen molar-refractivity contribution < 1.29 is 0 Å². The molecule has 8 rings (SSSR count). The zero-order chi connectivity index (χ0) is 37.4. The molecule has 0 aliphatic heterocycles. The van der Waals surface area contributed by atoms with E-state index in [1.54, 1.807) is 0 Å². The summed E-state index contributed by atoms with van der Waals surface area (Å²) in [7, 11) is -2.25. The molecular formula is C50H52S2Si. The lowest BCUT2D eigenvalue weighted by atomic mass is 9.86. The molecule has 6 aromatic rings. The van der Waals surface area contributed by atoms with Gasteiger partial charge in [0.1, 0.15) is 0 Å². The highest BCUT2D eigenvalue weighted by Crippen LogP contribution is 2.59. The van der Waals surface area contributed by atoms with Crippen molar-refractivity contribution in [3.63, 3.8) is 0 Å². The van der Waals surface area contributed by atoms with E-state index in [1.807, 2.05) is 22.7 Å². The number of aryl methyl sites for hydroxylation is 2. The molecule has 3 heteroatoms. The quantitative estimate of drug-likeness (QED) is 0.149. The first-order valence-electron chi connectivity index (χ1n) is 19.2. The first kappa shape index (κ1) is 36.0. The van der Waals surface area contributed by atoms with Gasteiger partial charge in [0.25, 0.3) is 0 Å². The molecule has 0 nitrogen and oxygen atoms in total. The van der Waals surface area contributed by atoms with Crippen LogP contribution in [0.2, 0.25) is 13.1 Å². The summed E-state index contributed by atoms with van der Waals surface area (Å²) in [5.41, 5.74) is 17.8. The van der Waals surface area contributed by atoms with Gasteiger partial charge < -0.3 is 0 Å². The Balaban J connectivity index is 1.30. The molecule has 0 spiro atoms. The number of thiophene rings is 2. The van der Waals surface area contributed by atoms with E-state index in [-0.39, 0.29) is 10.8 Å². The number of fused-ring (bicyclic) bond motifs is 2. The predicted octanol–water partition coefficient (Wildman–Crippen LogP) is 15.1. The minimum Gasteiger partial charge on any atom is -0.141 e. The van der Waals surface area contributed by atoms with Crippen LogP contribution in [0.15, 0.2) is 109 Å². The molecule has 0 saturated carbocycles. The molecule has 0 bridgehead atoms. The molecule has 2 aromatic heterocycles. The molecule has 268 valence electrons. The number of hydrogen-bond acceptors (Lipinski definition) is 2. The van der Waals surface area contributed by atoms with Crippen molar-refractivity contribution in [1.82, 2.24) is 0 Å². The van der Waals surface area contributed by atoms with Crippen molar-refractivity contribution >= 4 is 54.0 Å². The Morgan fingerprint density at radius 3 is 1.17 bits per heavy atom. The fourth-order valence-electron chi connectivity index (χ4n) is 8.98. The molecule has 2 atom stereocenters. The van der Waals surface area contributed by atoms with Crippen molar-refractivity contribution in [2.45, 2.75) is 90.4 Å². The van der Waals surface area contributed by atoms with Crippen molar-refractivity contribution in [1.29, 1.82) is 0 Å². The van der Waals surface area contributed by atoms with E-state index in [1.165, 1.54) is 86.3 Å². The molecule has 2 aliphatic carbocycles. The molecular weight excluding hydrogens is 693 g/mol. The highest BCUT2D eigenvalue weighted by Gasteiger charge is 2.50. The van der Waals surface area contributed by atoms with Crippen molar-refractivity contribution in [3.8, 4) is 22.3 Å². The van der Waals surface area contributed by atoms with Gasteiger partial charge in [0, 0.05) is 30.6 Å². The monoisotopic (exact) mass is 744 g/mol. The molecule has 0 amide bonds. The van der Waals surface area contributed by atoms with E-state index in [0.29, 0.717) is 11.1 Å². The van der Waals surface area contributed by atoms with Crippen molar-refractivity contribution in [3.05, 3.63) is 162 Å². The standard InChI is InChI=1S/C50H52S2Si/c1-31-17-27-45(51-31)43-29-41-37(33-19-23-35(24-20-33)49(3,4)5)13-11-15-39(41)47(43)53(9,10)48-40-16-12-14-38(34-21-25-36(26-22-34)50(6,7)8)42(40)30-44(48)46-28-18-32(2)52-46/h11-30,47-48H,1-10H3. The van der Waals surface area contributed by atoms with Gasteiger partial charge in [-0.2, -0.15) is 0 Å². The van der Waals surface area contributed by atoms with Gasteiger partial charge in [-0.05, 0) is 128 Å². The highest BCUT2D eigenvalue weighted by atomic mass is 32.1. The largest absolute Gasteiger partial charge is 0.141 e. The van der Waals surface area contributed by atoms with Crippen LogP contribution in [-0.4, -0.2) is 8.07 Å². The van der Waals surface area contributed by atoms with Crippen LogP contribution in [0.1, 0.15) is 106 Å². The summed E-state index contributed by atoms with van der Waals surface area (Å²) in [5, 5.41) is 0. The molecule has 53 heavy (non-hydrogen) atoms. The van der Waals surface area contributed by atoms with Crippen LogP contribution in [0.25, 0.3) is 45.6 Å². The van der Waals surface area contributed by atoms with Crippen LogP contribution >= 0.6 is 22.7 Å². The third-order valence-corrected chi connectivity index (χ3v) is 18.1. The highest BCUT2D eigenvalue weighted by molar-refractivity contribution is 7.13. The summed E-state index contributed by atoms with van der Waals surface area (Å²) >= 11 is 3.91. The Morgan fingerprint density at radius 2 is 0.849 bits per heavy atom. The van der Waals surface area contributed by atoms with Gasteiger partial charge in [-0.1, -0.05) is 140 Å². The predicted molar refractivity (Wildman–Crippen MR) is 238 cm³/mol. The van der Waals surface area contributed by atoms with Gasteiger partial charge in [-0.3, -0.25) is 0 Å². The van der Waals surface area contributed by atoms with Crippen LogP contribution in [0, 0.1) is 13.8 Å². The Bertz CT molecular complexity index is 2230. The van der Waals surface area contributed by atoms with Gasteiger partial charge in [0.05, 0.1) is 8.07 Å². The summed E-state index contributed by atoms with van der Waals surface area (Å²) in [6.45, 7) is 23.6. The van der Waals surface area contributed by atoms with Crippen LogP contribution in [0.5, 0.6) is 0 Å². The van der Waals surface area contributed by atoms with Crippen LogP contribution < -0.4 is 0 Å². The topological polar surface area (TPSA) is 0 Å². The smallest absolute Gasteiger partial charge is 0.0732 e. The average Bonchev–Trinajstić information content (AvgIpc) is 3.91. The van der Waals surface area contributed by atoms with Gasteiger partial charge in [-0.15, -0.1) is 22.7 Å². The Labute approximate surface area is 327 Å². The summed E-state index contributed by atoms with van der Waals surface area (Å²) in [6.07, 6.45) is 5.16. The lowest BCUT2D eigenvalue weighted by Crippen LogP contribution is -2.42. The molecule has 2 heterocycles. The maximum atomic E-state index is 2.69.